The van der Waals surface area contributed by atoms with Crippen LogP contribution in [0.1, 0.15) is 40.3 Å². The van der Waals surface area contributed by atoms with Crippen molar-refractivity contribution in [1.29, 1.82) is 0 Å². The van der Waals surface area contributed by atoms with E-state index in [0.717, 1.165) is 33.4 Å². The summed E-state index contributed by atoms with van der Waals surface area (Å²) < 4.78 is 66.4. The molecule has 6 aromatic carbocycles. The summed E-state index contributed by atoms with van der Waals surface area (Å²) in [6.07, 6.45) is -10.5. The Balaban J connectivity index is 1.16. The fourth-order valence-electron chi connectivity index (χ4n) is 8.35. The quantitative estimate of drug-likeness (QED) is 0.0619. The molecule has 2 aliphatic heterocycles. The van der Waals surface area contributed by atoms with Gasteiger partial charge in [0, 0.05) is 6.92 Å². The van der Waals surface area contributed by atoms with E-state index in [1.54, 1.807) is 0 Å². The molecule has 356 valence electrons. The SMILES string of the molecule is CC(=O)O[C@@H]1[C@H](O[C@H]2[C@H](OCc3ccccc3)[C@@H](OCc3ccccc3)[C@@H](O)O[C@@H]2COCc2ccccc2)O[C@H](COCc2ccccc2)[C@@H](OCc2ccccc2)[C@@H]1OCc1ccccc1. The number of hydrogen-bond acceptors (Lipinski definition) is 12. The summed E-state index contributed by atoms with van der Waals surface area (Å²) in [5.74, 6) is -0.583. The Morgan fingerprint density at radius 1 is 0.412 bits per heavy atom. The fourth-order valence-corrected chi connectivity index (χ4v) is 8.35. The van der Waals surface area contributed by atoms with Crippen molar-refractivity contribution in [2.45, 2.75) is 108 Å². The summed E-state index contributed by atoms with van der Waals surface area (Å²) in [5.41, 5.74) is 5.53. The largest absolute Gasteiger partial charge is 0.454 e. The number of carbonyl (C=O) groups excluding carboxylic acids is 1. The van der Waals surface area contributed by atoms with Crippen LogP contribution in [-0.4, -0.2) is 85.7 Å². The second kappa shape index (κ2) is 25.7. The van der Waals surface area contributed by atoms with Gasteiger partial charge in [-0.25, -0.2) is 0 Å². The Morgan fingerprint density at radius 3 is 1.12 bits per heavy atom. The van der Waals surface area contributed by atoms with Gasteiger partial charge in [0.1, 0.15) is 42.7 Å². The zero-order valence-electron chi connectivity index (χ0n) is 38.2. The second-order valence-corrected chi connectivity index (χ2v) is 16.8. The molecule has 0 saturated carbocycles. The van der Waals surface area contributed by atoms with Crippen molar-refractivity contribution >= 4 is 5.97 Å². The lowest BCUT2D eigenvalue weighted by atomic mass is 9.95. The highest BCUT2D eigenvalue weighted by Crippen LogP contribution is 2.36. The average molecular weight is 925 g/mol. The third-order valence-corrected chi connectivity index (χ3v) is 11.7. The van der Waals surface area contributed by atoms with Gasteiger partial charge >= 0.3 is 5.97 Å². The van der Waals surface area contributed by atoms with Crippen LogP contribution in [0.3, 0.4) is 0 Å². The van der Waals surface area contributed by atoms with Crippen LogP contribution < -0.4 is 0 Å². The highest BCUT2D eigenvalue weighted by Gasteiger charge is 2.55. The molecule has 0 bridgehead atoms. The molecule has 2 fully saturated rings. The smallest absolute Gasteiger partial charge is 0.303 e. The van der Waals surface area contributed by atoms with E-state index in [0.29, 0.717) is 6.61 Å². The summed E-state index contributed by atoms with van der Waals surface area (Å²) in [6, 6.07) is 58.5. The molecule has 6 aromatic rings. The summed E-state index contributed by atoms with van der Waals surface area (Å²) in [7, 11) is 0. The van der Waals surface area contributed by atoms with E-state index in [4.69, 9.17) is 47.4 Å². The van der Waals surface area contributed by atoms with E-state index in [2.05, 4.69) is 0 Å². The van der Waals surface area contributed by atoms with Crippen LogP contribution in [0.15, 0.2) is 182 Å². The number of rotatable bonds is 23. The molecule has 8 rings (SSSR count). The van der Waals surface area contributed by atoms with Gasteiger partial charge in [-0.2, -0.15) is 0 Å². The molecule has 0 unspecified atom stereocenters. The van der Waals surface area contributed by atoms with Crippen molar-refractivity contribution in [2.75, 3.05) is 13.2 Å². The summed E-state index contributed by atoms with van der Waals surface area (Å²) in [4.78, 5) is 13.3. The summed E-state index contributed by atoms with van der Waals surface area (Å²) >= 11 is 0. The van der Waals surface area contributed by atoms with Crippen LogP contribution in [0.4, 0.5) is 0 Å². The zero-order valence-corrected chi connectivity index (χ0v) is 38.2. The lowest BCUT2D eigenvalue weighted by molar-refractivity contribution is -0.370. The van der Waals surface area contributed by atoms with Crippen LogP contribution in [0.5, 0.6) is 0 Å². The minimum atomic E-state index is -1.45. The molecule has 0 amide bonds. The van der Waals surface area contributed by atoms with Crippen molar-refractivity contribution < 1.29 is 57.3 Å². The minimum Gasteiger partial charge on any atom is -0.454 e. The van der Waals surface area contributed by atoms with E-state index < -0.39 is 67.4 Å². The van der Waals surface area contributed by atoms with Crippen molar-refractivity contribution in [3.05, 3.63) is 215 Å². The van der Waals surface area contributed by atoms with Gasteiger partial charge in [-0.15, -0.1) is 0 Å². The van der Waals surface area contributed by atoms with Gasteiger partial charge < -0.3 is 52.5 Å². The number of ether oxygens (including phenoxy) is 10. The van der Waals surface area contributed by atoms with Crippen molar-refractivity contribution in [1.82, 2.24) is 0 Å². The van der Waals surface area contributed by atoms with E-state index >= 15 is 0 Å². The lowest BCUT2D eigenvalue weighted by Crippen LogP contribution is -2.66. The number of benzene rings is 6. The Kier molecular flexibility index (Phi) is 18.4. The highest BCUT2D eigenvalue weighted by atomic mass is 16.8. The van der Waals surface area contributed by atoms with Gasteiger partial charge in [-0.1, -0.05) is 182 Å². The summed E-state index contributed by atoms with van der Waals surface area (Å²) in [5, 5.41) is 11.8. The standard InChI is InChI=1S/C56H60O12/c1-40(57)65-54-51(62-35-44-26-14-5-15-27-44)49(61-34-43-24-12-4-13-25-43)47(38-59-32-41-20-8-2-9-21-41)67-56(54)68-50-48(39-60-33-42-22-10-3-11-23-42)66-55(58)53(64-37-46-30-18-7-19-31-46)52(50)63-36-45-28-16-6-17-29-45/h2-31,47-56,58H,32-39H2,1H3/t47-,48-,49-,50-,51+,52+,53-,54+,55+,56+/m1/s1. The van der Waals surface area contributed by atoms with Gasteiger partial charge in [-0.05, 0) is 33.4 Å². The van der Waals surface area contributed by atoms with E-state index in [9.17, 15) is 9.90 Å². The molecule has 0 aromatic heterocycles. The van der Waals surface area contributed by atoms with Crippen LogP contribution >= 0.6 is 0 Å². The van der Waals surface area contributed by atoms with Gasteiger partial charge in [0.05, 0.1) is 52.9 Å². The monoisotopic (exact) mass is 924 g/mol. The molecule has 12 heteroatoms. The van der Waals surface area contributed by atoms with Crippen LogP contribution in [0.25, 0.3) is 0 Å². The van der Waals surface area contributed by atoms with Crippen LogP contribution in [-0.2, 0) is 91.8 Å². The molecular formula is C56H60O12. The molecule has 0 spiro atoms. The molecule has 10 atom stereocenters. The maximum Gasteiger partial charge on any atom is 0.303 e. The Morgan fingerprint density at radius 2 is 0.735 bits per heavy atom. The van der Waals surface area contributed by atoms with Crippen LogP contribution in [0.2, 0.25) is 0 Å². The maximum atomic E-state index is 13.3. The van der Waals surface area contributed by atoms with Crippen molar-refractivity contribution in [3.63, 3.8) is 0 Å². The number of aliphatic hydroxyl groups excluding tert-OH is 1. The third kappa shape index (κ3) is 14.2. The average Bonchev–Trinajstić information content (AvgIpc) is 3.37. The molecular weight excluding hydrogens is 865 g/mol. The van der Waals surface area contributed by atoms with Gasteiger partial charge in [0.15, 0.2) is 18.7 Å². The summed E-state index contributed by atoms with van der Waals surface area (Å²) in [6.45, 7) is 2.60. The maximum absolute atomic E-state index is 13.3. The number of esters is 1. The van der Waals surface area contributed by atoms with Crippen molar-refractivity contribution in [2.24, 2.45) is 0 Å². The first-order valence-corrected chi connectivity index (χ1v) is 23.1. The van der Waals surface area contributed by atoms with Crippen LogP contribution in [0, 0.1) is 0 Å². The number of carbonyl (C=O) groups is 1. The Bertz CT molecular complexity index is 2330. The topological polar surface area (TPSA) is 130 Å². The van der Waals surface area contributed by atoms with Crippen molar-refractivity contribution in [3.8, 4) is 0 Å². The zero-order chi connectivity index (χ0) is 46.8. The van der Waals surface area contributed by atoms with E-state index in [-0.39, 0.29) is 46.2 Å². The second-order valence-electron chi connectivity index (χ2n) is 16.8. The Hall–Kier alpha value is -5.61. The van der Waals surface area contributed by atoms with Gasteiger partial charge in [0.2, 0.25) is 0 Å². The van der Waals surface area contributed by atoms with E-state index in [1.807, 2.05) is 182 Å². The number of hydrogen-bond donors (Lipinski definition) is 1. The first-order chi connectivity index (χ1) is 33.5. The molecule has 2 heterocycles. The normalized spacial score (nSPS) is 24.9. The first-order valence-electron chi connectivity index (χ1n) is 23.1. The highest BCUT2D eigenvalue weighted by molar-refractivity contribution is 5.66. The lowest BCUT2D eigenvalue weighted by Gasteiger charge is -2.49. The fraction of sp³-hybridized carbons (Fsp3) is 0.339. The molecule has 2 saturated heterocycles. The molecule has 12 nitrogen and oxygen atoms in total. The van der Waals surface area contributed by atoms with Gasteiger partial charge in [0.25, 0.3) is 0 Å². The molecule has 0 aliphatic carbocycles. The Labute approximate surface area is 398 Å². The molecule has 2 aliphatic rings. The predicted molar refractivity (Wildman–Crippen MR) is 252 cm³/mol. The third-order valence-electron chi connectivity index (χ3n) is 11.7. The number of aliphatic hydroxyl groups is 1. The molecule has 68 heavy (non-hydrogen) atoms. The molecule has 1 N–H and O–H groups in total. The van der Waals surface area contributed by atoms with E-state index in [1.165, 1.54) is 6.92 Å². The predicted octanol–water partition coefficient (Wildman–Crippen LogP) is 8.52. The van der Waals surface area contributed by atoms with Gasteiger partial charge in [-0.3, -0.25) is 4.79 Å². The molecule has 0 radical (unpaired) electrons. The first kappa shape index (κ1) is 48.8. The minimum absolute atomic E-state index is 0.0153.